The first-order chi connectivity index (χ1) is 10.1. The second kappa shape index (κ2) is 6.00. The van der Waals surface area contributed by atoms with E-state index in [0.717, 1.165) is 48.9 Å². The summed E-state index contributed by atoms with van der Waals surface area (Å²) < 4.78 is 0. The molecule has 0 amide bonds. The predicted octanol–water partition coefficient (Wildman–Crippen LogP) is 2.41. The molecule has 1 aliphatic heterocycles. The van der Waals surface area contributed by atoms with E-state index in [0.29, 0.717) is 11.7 Å². The van der Waals surface area contributed by atoms with Gasteiger partial charge in [-0.05, 0) is 50.9 Å². The maximum atomic E-state index is 9.67. The number of fused-ring (bicyclic) bond motifs is 1. The molecule has 1 atom stereocenters. The fourth-order valence-electron chi connectivity index (χ4n) is 3.14. The molecular formula is C17H23N3O. The Morgan fingerprint density at radius 1 is 1.33 bits per heavy atom. The van der Waals surface area contributed by atoms with Gasteiger partial charge in [0.25, 0.3) is 0 Å². The van der Waals surface area contributed by atoms with Crippen LogP contribution in [0.4, 0.5) is 5.82 Å². The van der Waals surface area contributed by atoms with Crippen molar-refractivity contribution in [1.82, 2.24) is 9.88 Å². The van der Waals surface area contributed by atoms with E-state index >= 15 is 0 Å². The number of nitrogen functional groups attached to an aromatic ring is 1. The number of nitrogens with two attached hydrogens (primary N) is 1. The van der Waals surface area contributed by atoms with E-state index in [-0.39, 0.29) is 6.10 Å². The molecule has 0 bridgehead atoms. The highest BCUT2D eigenvalue weighted by Gasteiger charge is 2.23. The Kier molecular flexibility index (Phi) is 4.08. The van der Waals surface area contributed by atoms with Crippen LogP contribution in [0.2, 0.25) is 0 Å². The van der Waals surface area contributed by atoms with Crippen molar-refractivity contribution in [1.29, 1.82) is 0 Å². The minimum absolute atomic E-state index is 0.195. The highest BCUT2D eigenvalue weighted by molar-refractivity contribution is 5.81. The fourth-order valence-corrected chi connectivity index (χ4v) is 3.14. The molecule has 0 saturated carbocycles. The van der Waals surface area contributed by atoms with E-state index < -0.39 is 0 Å². The summed E-state index contributed by atoms with van der Waals surface area (Å²) in [4.78, 5) is 6.90. The van der Waals surface area contributed by atoms with Gasteiger partial charge in [0.15, 0.2) is 0 Å². The molecule has 0 radical (unpaired) electrons. The van der Waals surface area contributed by atoms with Crippen LogP contribution in [-0.4, -0.2) is 34.2 Å². The number of rotatable bonds is 3. The standard InChI is InChI=1S/C17H23N3O/c1-12(21)13-6-8-20(9-7-13)11-15-10-14-4-2-3-5-16(14)19-17(15)18/h2-5,10,12-13,21H,6-9,11H2,1H3,(H2,18,19). The minimum atomic E-state index is -0.195. The van der Waals surface area contributed by atoms with E-state index in [1.807, 2.05) is 25.1 Å². The van der Waals surface area contributed by atoms with Crippen molar-refractivity contribution in [3.8, 4) is 0 Å². The molecule has 1 saturated heterocycles. The summed E-state index contributed by atoms with van der Waals surface area (Å²) in [5.41, 5.74) is 8.15. The molecule has 4 nitrogen and oxygen atoms in total. The average Bonchev–Trinajstić information content (AvgIpc) is 2.48. The van der Waals surface area contributed by atoms with Crippen molar-refractivity contribution in [2.45, 2.75) is 32.4 Å². The number of aromatic nitrogens is 1. The van der Waals surface area contributed by atoms with Crippen LogP contribution in [0, 0.1) is 5.92 Å². The Bertz CT molecular complexity index is 618. The molecule has 1 aromatic carbocycles. The number of likely N-dealkylation sites (tertiary alicyclic amines) is 1. The third-order valence-corrected chi connectivity index (χ3v) is 4.54. The second-order valence-corrected chi connectivity index (χ2v) is 6.08. The number of benzene rings is 1. The first kappa shape index (κ1) is 14.3. The smallest absolute Gasteiger partial charge is 0.128 e. The average molecular weight is 285 g/mol. The van der Waals surface area contributed by atoms with Crippen molar-refractivity contribution >= 4 is 16.7 Å². The highest BCUT2D eigenvalue weighted by atomic mass is 16.3. The molecule has 3 N–H and O–H groups in total. The van der Waals surface area contributed by atoms with Crippen LogP contribution in [0.25, 0.3) is 10.9 Å². The second-order valence-electron chi connectivity index (χ2n) is 6.08. The summed E-state index contributed by atoms with van der Waals surface area (Å²) in [6.07, 6.45) is 1.91. The van der Waals surface area contributed by atoms with Gasteiger partial charge >= 0.3 is 0 Å². The number of nitrogens with zero attached hydrogens (tertiary/aromatic N) is 2. The Morgan fingerprint density at radius 3 is 2.76 bits per heavy atom. The maximum Gasteiger partial charge on any atom is 0.128 e. The molecule has 1 aliphatic rings. The van der Waals surface area contributed by atoms with Gasteiger partial charge in [-0.2, -0.15) is 0 Å². The number of anilines is 1. The molecule has 1 fully saturated rings. The lowest BCUT2D eigenvalue weighted by molar-refractivity contribution is 0.0696. The van der Waals surface area contributed by atoms with Crippen LogP contribution in [0.15, 0.2) is 30.3 Å². The summed E-state index contributed by atoms with van der Waals surface area (Å²) in [5.74, 6) is 1.07. The van der Waals surface area contributed by atoms with Gasteiger partial charge in [0.2, 0.25) is 0 Å². The zero-order chi connectivity index (χ0) is 14.8. The lowest BCUT2D eigenvalue weighted by atomic mass is 9.92. The third-order valence-electron chi connectivity index (χ3n) is 4.54. The van der Waals surface area contributed by atoms with Crippen LogP contribution >= 0.6 is 0 Å². The van der Waals surface area contributed by atoms with E-state index in [1.165, 1.54) is 0 Å². The van der Waals surface area contributed by atoms with Crippen LogP contribution in [0.5, 0.6) is 0 Å². The van der Waals surface area contributed by atoms with Gasteiger partial charge in [-0.15, -0.1) is 0 Å². The molecule has 3 rings (SSSR count). The molecule has 112 valence electrons. The molecular weight excluding hydrogens is 262 g/mol. The SMILES string of the molecule is CC(O)C1CCN(Cc2cc3ccccc3nc2N)CC1. The molecule has 2 aromatic rings. The quantitative estimate of drug-likeness (QED) is 0.909. The highest BCUT2D eigenvalue weighted by Crippen LogP contribution is 2.24. The molecule has 4 heteroatoms. The van der Waals surface area contributed by atoms with Gasteiger partial charge in [-0.1, -0.05) is 18.2 Å². The van der Waals surface area contributed by atoms with E-state index in [4.69, 9.17) is 5.73 Å². The molecule has 0 aliphatic carbocycles. The summed E-state index contributed by atoms with van der Waals surface area (Å²) in [7, 11) is 0. The Labute approximate surface area is 125 Å². The largest absolute Gasteiger partial charge is 0.393 e. The third kappa shape index (κ3) is 3.17. The van der Waals surface area contributed by atoms with Crippen LogP contribution in [0.1, 0.15) is 25.3 Å². The number of pyridine rings is 1. The lowest BCUT2D eigenvalue weighted by Crippen LogP contribution is -2.36. The van der Waals surface area contributed by atoms with Crippen molar-refractivity contribution < 1.29 is 5.11 Å². The van der Waals surface area contributed by atoms with Crippen LogP contribution < -0.4 is 5.73 Å². The topological polar surface area (TPSA) is 62.4 Å². The Hall–Kier alpha value is -1.65. The number of hydrogen-bond acceptors (Lipinski definition) is 4. The van der Waals surface area contributed by atoms with Gasteiger partial charge < -0.3 is 10.8 Å². The number of para-hydroxylation sites is 1. The molecule has 2 heterocycles. The first-order valence-electron chi connectivity index (χ1n) is 7.68. The van der Waals surface area contributed by atoms with Gasteiger partial charge in [0.05, 0.1) is 11.6 Å². The van der Waals surface area contributed by atoms with Crippen molar-refractivity contribution in [2.75, 3.05) is 18.8 Å². The normalized spacial score (nSPS) is 19.0. The fraction of sp³-hybridized carbons (Fsp3) is 0.471. The van der Waals surface area contributed by atoms with Gasteiger partial charge in [0.1, 0.15) is 5.82 Å². The van der Waals surface area contributed by atoms with Crippen molar-refractivity contribution in [3.63, 3.8) is 0 Å². The summed E-state index contributed by atoms with van der Waals surface area (Å²) in [6.45, 7) is 4.77. The Balaban J connectivity index is 1.72. The zero-order valence-electron chi connectivity index (χ0n) is 12.5. The van der Waals surface area contributed by atoms with Crippen molar-refractivity contribution in [2.24, 2.45) is 5.92 Å². The van der Waals surface area contributed by atoms with Crippen molar-refractivity contribution in [3.05, 3.63) is 35.9 Å². The van der Waals surface area contributed by atoms with Crippen LogP contribution in [-0.2, 0) is 6.54 Å². The number of hydrogen-bond donors (Lipinski definition) is 2. The zero-order valence-corrected chi connectivity index (χ0v) is 12.5. The first-order valence-corrected chi connectivity index (χ1v) is 7.68. The molecule has 21 heavy (non-hydrogen) atoms. The van der Waals surface area contributed by atoms with Gasteiger partial charge in [-0.3, -0.25) is 4.90 Å². The maximum absolute atomic E-state index is 9.67. The molecule has 1 aromatic heterocycles. The summed E-state index contributed by atoms with van der Waals surface area (Å²) in [5, 5.41) is 10.8. The molecule has 0 spiro atoms. The Morgan fingerprint density at radius 2 is 2.05 bits per heavy atom. The van der Waals surface area contributed by atoms with Gasteiger partial charge in [-0.25, -0.2) is 4.98 Å². The van der Waals surface area contributed by atoms with E-state index in [2.05, 4.69) is 22.0 Å². The monoisotopic (exact) mass is 285 g/mol. The minimum Gasteiger partial charge on any atom is -0.393 e. The number of aliphatic hydroxyl groups excluding tert-OH is 1. The van der Waals surface area contributed by atoms with E-state index in [1.54, 1.807) is 0 Å². The van der Waals surface area contributed by atoms with Crippen LogP contribution in [0.3, 0.4) is 0 Å². The number of aliphatic hydroxyl groups is 1. The summed E-state index contributed by atoms with van der Waals surface area (Å²) in [6, 6.07) is 10.2. The van der Waals surface area contributed by atoms with E-state index in [9.17, 15) is 5.11 Å². The predicted molar refractivity (Wildman–Crippen MR) is 85.8 cm³/mol. The number of piperidine rings is 1. The summed E-state index contributed by atoms with van der Waals surface area (Å²) >= 11 is 0. The molecule has 1 unspecified atom stereocenters. The lowest BCUT2D eigenvalue weighted by Gasteiger charge is -2.33. The van der Waals surface area contributed by atoms with Gasteiger partial charge in [0, 0.05) is 17.5 Å².